The van der Waals surface area contributed by atoms with Crippen molar-refractivity contribution in [1.82, 2.24) is 9.88 Å². The Labute approximate surface area is 215 Å². The van der Waals surface area contributed by atoms with Crippen LogP contribution in [0.3, 0.4) is 0 Å². The van der Waals surface area contributed by atoms with E-state index in [-0.39, 0.29) is 17.2 Å². The Balaban J connectivity index is 1.76. The van der Waals surface area contributed by atoms with Gasteiger partial charge in [0.2, 0.25) is 5.43 Å². The van der Waals surface area contributed by atoms with Gasteiger partial charge in [-0.25, -0.2) is 4.98 Å². The summed E-state index contributed by atoms with van der Waals surface area (Å²) in [5.41, 5.74) is 5.29. The van der Waals surface area contributed by atoms with Crippen molar-refractivity contribution in [1.29, 1.82) is 0 Å². The maximum atomic E-state index is 13.7. The van der Waals surface area contributed by atoms with Gasteiger partial charge in [0.05, 0.1) is 35.8 Å². The van der Waals surface area contributed by atoms with Gasteiger partial charge in [-0.1, -0.05) is 45.0 Å². The molecule has 0 radical (unpaired) electrons. The van der Waals surface area contributed by atoms with Crippen LogP contribution in [0.5, 0.6) is 5.75 Å². The molecule has 4 aromatic rings. The van der Waals surface area contributed by atoms with Crippen LogP contribution >= 0.6 is 11.3 Å². The molecule has 3 heterocycles. The van der Waals surface area contributed by atoms with E-state index in [0.717, 1.165) is 16.8 Å². The summed E-state index contributed by atoms with van der Waals surface area (Å²) in [6.45, 7) is 10.9. The van der Waals surface area contributed by atoms with Crippen molar-refractivity contribution in [3.63, 3.8) is 0 Å². The number of aromatic hydroxyl groups is 1. The lowest BCUT2D eigenvalue weighted by Crippen LogP contribution is -2.39. The Morgan fingerprint density at radius 1 is 1.14 bits per heavy atom. The standard InChI is InChI=1S/C29H32N2O4S/c1-5-19-14-22-27(33)23(29-30-18(4)16-36-29)15-35-28(22)24(26(19)32)25(31-10-12-34-13-11-31)21-8-6-20(7-9-21)17(2)3/h6-9,14-17,25,32H,5,10-13H2,1-4H3. The molecule has 2 aromatic heterocycles. The second-order valence-corrected chi connectivity index (χ2v) is 10.5. The Hall–Kier alpha value is -3.00. The van der Waals surface area contributed by atoms with Crippen molar-refractivity contribution in [3.8, 4) is 16.3 Å². The first-order valence-corrected chi connectivity index (χ1v) is 13.4. The van der Waals surface area contributed by atoms with Crippen LogP contribution in [0.1, 0.15) is 60.7 Å². The van der Waals surface area contributed by atoms with Gasteiger partial charge in [0.25, 0.3) is 0 Å². The largest absolute Gasteiger partial charge is 0.507 e. The van der Waals surface area contributed by atoms with Gasteiger partial charge in [-0.2, -0.15) is 0 Å². The van der Waals surface area contributed by atoms with Crippen LogP contribution in [0.15, 0.2) is 51.2 Å². The molecule has 188 valence electrons. The molecule has 0 spiro atoms. The second-order valence-electron chi connectivity index (χ2n) is 9.67. The van der Waals surface area contributed by atoms with E-state index in [2.05, 4.69) is 48.0 Å². The number of phenolic OH excluding ortho intramolecular Hbond substituents is 1. The third-order valence-corrected chi connectivity index (χ3v) is 7.98. The molecule has 0 saturated carbocycles. The van der Waals surface area contributed by atoms with Crippen molar-refractivity contribution < 1.29 is 14.3 Å². The number of ether oxygens (including phenoxy) is 1. The van der Waals surface area contributed by atoms with Crippen molar-refractivity contribution in [2.75, 3.05) is 26.3 Å². The Morgan fingerprint density at radius 2 is 1.83 bits per heavy atom. The number of morpholine rings is 1. The highest BCUT2D eigenvalue weighted by Crippen LogP contribution is 2.42. The predicted molar refractivity (Wildman–Crippen MR) is 144 cm³/mol. The van der Waals surface area contributed by atoms with Crippen LogP contribution in [-0.4, -0.2) is 41.3 Å². The fourth-order valence-corrected chi connectivity index (χ4v) is 5.75. The van der Waals surface area contributed by atoms with Crippen molar-refractivity contribution in [2.45, 2.75) is 46.1 Å². The molecule has 0 amide bonds. The highest BCUT2D eigenvalue weighted by molar-refractivity contribution is 7.13. The summed E-state index contributed by atoms with van der Waals surface area (Å²) in [6.07, 6.45) is 2.09. The molecule has 1 saturated heterocycles. The molecule has 1 aliphatic heterocycles. The monoisotopic (exact) mass is 504 g/mol. The third kappa shape index (κ3) is 4.47. The van der Waals surface area contributed by atoms with Crippen molar-refractivity contribution in [2.24, 2.45) is 0 Å². The third-order valence-electron chi connectivity index (χ3n) is 6.98. The molecule has 1 atom stereocenters. The molecule has 0 aliphatic carbocycles. The van der Waals surface area contributed by atoms with E-state index in [1.54, 1.807) is 6.07 Å². The van der Waals surface area contributed by atoms with Gasteiger partial charge in [-0.15, -0.1) is 11.3 Å². The number of rotatable bonds is 6. The summed E-state index contributed by atoms with van der Waals surface area (Å²) >= 11 is 1.43. The molecule has 0 bridgehead atoms. The summed E-state index contributed by atoms with van der Waals surface area (Å²) in [5.74, 6) is 0.611. The van der Waals surface area contributed by atoms with E-state index in [0.29, 0.717) is 65.7 Å². The first kappa shape index (κ1) is 24.7. The van der Waals surface area contributed by atoms with Crippen molar-refractivity contribution >= 4 is 22.3 Å². The molecule has 1 aliphatic rings. The van der Waals surface area contributed by atoms with Gasteiger partial charge in [0, 0.05) is 24.2 Å². The first-order chi connectivity index (χ1) is 17.4. The van der Waals surface area contributed by atoms with E-state index >= 15 is 0 Å². The average molecular weight is 505 g/mol. The highest BCUT2D eigenvalue weighted by Gasteiger charge is 2.31. The van der Waals surface area contributed by atoms with Crippen LogP contribution in [0.25, 0.3) is 21.5 Å². The average Bonchev–Trinajstić information content (AvgIpc) is 3.32. The number of thiazole rings is 1. The van der Waals surface area contributed by atoms with Crippen LogP contribution in [-0.2, 0) is 11.2 Å². The SMILES string of the molecule is CCc1cc2c(=O)c(-c3nc(C)cs3)coc2c(C(c2ccc(C(C)C)cc2)N2CCOCC2)c1O. The van der Waals surface area contributed by atoms with Gasteiger partial charge in [-0.05, 0) is 42.0 Å². The molecular formula is C29H32N2O4S. The van der Waals surface area contributed by atoms with Gasteiger partial charge in [0.1, 0.15) is 22.6 Å². The summed E-state index contributed by atoms with van der Waals surface area (Å²) in [4.78, 5) is 20.5. The Bertz CT molecular complexity index is 1430. The van der Waals surface area contributed by atoms with Crippen LogP contribution in [0.2, 0.25) is 0 Å². The van der Waals surface area contributed by atoms with Gasteiger partial charge < -0.3 is 14.3 Å². The molecule has 2 aromatic carbocycles. The van der Waals surface area contributed by atoms with E-state index in [1.807, 2.05) is 19.2 Å². The number of phenols is 1. The van der Waals surface area contributed by atoms with Crippen LogP contribution in [0, 0.1) is 6.92 Å². The normalized spacial score (nSPS) is 15.6. The van der Waals surface area contributed by atoms with Crippen LogP contribution in [0.4, 0.5) is 0 Å². The van der Waals surface area contributed by atoms with E-state index in [9.17, 15) is 9.90 Å². The summed E-state index contributed by atoms with van der Waals surface area (Å²) in [5, 5.41) is 14.6. The summed E-state index contributed by atoms with van der Waals surface area (Å²) in [6, 6.07) is 10.1. The maximum Gasteiger partial charge on any atom is 0.202 e. The molecule has 6 nitrogen and oxygen atoms in total. The lowest BCUT2D eigenvalue weighted by molar-refractivity contribution is 0.0236. The number of benzene rings is 2. The number of hydrogen-bond acceptors (Lipinski definition) is 7. The number of nitrogens with zero attached hydrogens (tertiary/aromatic N) is 2. The topological polar surface area (TPSA) is 75.8 Å². The molecule has 5 rings (SSSR count). The lowest BCUT2D eigenvalue weighted by Gasteiger charge is -2.36. The zero-order valence-electron chi connectivity index (χ0n) is 21.2. The summed E-state index contributed by atoms with van der Waals surface area (Å²) < 4.78 is 11.8. The fourth-order valence-electron chi connectivity index (χ4n) is 4.95. The summed E-state index contributed by atoms with van der Waals surface area (Å²) in [7, 11) is 0. The second kappa shape index (κ2) is 10.2. The van der Waals surface area contributed by atoms with Gasteiger partial charge in [-0.3, -0.25) is 9.69 Å². The molecule has 1 unspecified atom stereocenters. The number of aromatic nitrogens is 1. The first-order valence-electron chi connectivity index (χ1n) is 12.5. The minimum absolute atomic E-state index is 0.127. The predicted octanol–water partition coefficient (Wildman–Crippen LogP) is 6.04. The molecule has 1 fully saturated rings. The minimum Gasteiger partial charge on any atom is -0.507 e. The minimum atomic E-state index is -0.278. The zero-order chi connectivity index (χ0) is 25.4. The quantitative estimate of drug-likeness (QED) is 0.345. The number of aryl methyl sites for hydroxylation is 2. The lowest BCUT2D eigenvalue weighted by atomic mass is 9.90. The van der Waals surface area contributed by atoms with E-state index < -0.39 is 0 Å². The van der Waals surface area contributed by atoms with Crippen LogP contribution < -0.4 is 5.43 Å². The Morgan fingerprint density at radius 3 is 2.44 bits per heavy atom. The smallest absolute Gasteiger partial charge is 0.202 e. The van der Waals surface area contributed by atoms with Gasteiger partial charge >= 0.3 is 0 Å². The van der Waals surface area contributed by atoms with E-state index in [4.69, 9.17) is 9.15 Å². The van der Waals surface area contributed by atoms with Crippen molar-refractivity contribution in [3.05, 3.63) is 80.1 Å². The fraction of sp³-hybridized carbons (Fsp3) is 0.379. The van der Waals surface area contributed by atoms with Gasteiger partial charge in [0.15, 0.2) is 0 Å². The number of fused-ring (bicyclic) bond motifs is 1. The highest BCUT2D eigenvalue weighted by atomic mass is 32.1. The molecule has 36 heavy (non-hydrogen) atoms. The molecule has 1 N–H and O–H groups in total. The molecule has 7 heteroatoms. The zero-order valence-corrected chi connectivity index (χ0v) is 22.0. The maximum absolute atomic E-state index is 13.7. The number of hydrogen-bond donors (Lipinski definition) is 1. The molecular weight excluding hydrogens is 472 g/mol. The Kier molecular flexibility index (Phi) is 6.97. The van der Waals surface area contributed by atoms with E-state index in [1.165, 1.54) is 23.2 Å².